The van der Waals surface area contributed by atoms with E-state index >= 15 is 0 Å². The van der Waals surface area contributed by atoms with Crippen LogP contribution in [0.2, 0.25) is 0 Å². The van der Waals surface area contributed by atoms with Gasteiger partial charge >= 0.3 is 12.2 Å². The maximum absolute atomic E-state index is 12.9. The number of hydrogen-bond donors (Lipinski definition) is 3. The fourth-order valence-electron chi connectivity index (χ4n) is 4.01. The second-order valence-corrected chi connectivity index (χ2v) is 10.6. The van der Waals surface area contributed by atoms with Crippen LogP contribution in [0.15, 0.2) is 60.7 Å². The third-order valence-electron chi connectivity index (χ3n) is 6.62. The first-order valence-corrected chi connectivity index (χ1v) is 14.7. The number of carbonyl (C=O) groups excluding carboxylic acids is 6. The molecule has 3 N–H and O–H groups in total. The minimum Gasteiger partial charge on any atom is -0.447 e. The zero-order valence-corrected chi connectivity index (χ0v) is 26.3. The molecule has 0 aliphatic carbocycles. The molecule has 2 aromatic carbocycles. The summed E-state index contributed by atoms with van der Waals surface area (Å²) in [5.41, 5.74) is 0.823. The first-order valence-electron chi connectivity index (χ1n) is 14.7. The number of nitrogens with zero attached hydrogens (tertiary/aromatic N) is 2. The molecular formula is C31H35N5O12. The van der Waals surface area contributed by atoms with Crippen molar-refractivity contribution in [1.29, 1.82) is 0 Å². The highest BCUT2D eigenvalue weighted by atomic mass is 16.7. The van der Waals surface area contributed by atoms with Gasteiger partial charge < -0.3 is 34.9 Å². The molecule has 3 rings (SSSR count). The van der Waals surface area contributed by atoms with Crippen LogP contribution in [0, 0.1) is 16.0 Å². The fraction of sp³-hybridized carbons (Fsp3) is 0.355. The van der Waals surface area contributed by atoms with Gasteiger partial charge in [0.15, 0.2) is 0 Å². The average molecular weight is 670 g/mol. The predicted molar refractivity (Wildman–Crippen MR) is 166 cm³/mol. The molecule has 0 bridgehead atoms. The van der Waals surface area contributed by atoms with E-state index in [2.05, 4.69) is 16.0 Å². The Bertz CT molecular complexity index is 1510. The molecule has 0 spiro atoms. The minimum absolute atomic E-state index is 0.00234. The molecular weight excluding hydrogens is 634 g/mol. The van der Waals surface area contributed by atoms with Crippen molar-refractivity contribution >= 4 is 47.3 Å². The van der Waals surface area contributed by atoms with Crippen molar-refractivity contribution in [3.05, 3.63) is 76.4 Å². The maximum atomic E-state index is 12.9. The molecule has 0 saturated carbocycles. The van der Waals surface area contributed by atoms with Gasteiger partial charge in [-0.1, -0.05) is 26.0 Å². The second-order valence-electron chi connectivity index (χ2n) is 10.6. The Morgan fingerprint density at radius 1 is 0.833 bits per heavy atom. The van der Waals surface area contributed by atoms with E-state index in [1.165, 1.54) is 43.3 Å². The van der Waals surface area contributed by atoms with E-state index in [0.29, 0.717) is 11.3 Å². The Balaban J connectivity index is 1.36. The van der Waals surface area contributed by atoms with Gasteiger partial charge in [-0.15, -0.1) is 0 Å². The molecule has 0 saturated heterocycles. The van der Waals surface area contributed by atoms with Gasteiger partial charge in [0.25, 0.3) is 17.5 Å². The summed E-state index contributed by atoms with van der Waals surface area (Å²) in [6.07, 6.45) is 0.451. The third-order valence-corrected chi connectivity index (χ3v) is 6.62. The molecule has 1 aliphatic heterocycles. The van der Waals surface area contributed by atoms with Crippen LogP contribution in [0.25, 0.3) is 0 Å². The number of ether oxygens (including phenoxy) is 4. The van der Waals surface area contributed by atoms with E-state index in [1.54, 1.807) is 38.1 Å². The lowest BCUT2D eigenvalue weighted by molar-refractivity contribution is -0.384. The van der Waals surface area contributed by atoms with Crippen LogP contribution in [0.4, 0.5) is 21.0 Å². The SMILES string of the molecule is CC(C)[C@H](NC(=O)OCCOCCN1C(=O)C=CC1=O)C(=O)N[C@@H](C)C(=O)Nc1ccc(COC(=O)Oc2ccc([N+](=O)[O-])cc2)cc1. The largest absolute Gasteiger partial charge is 0.514 e. The van der Waals surface area contributed by atoms with Crippen LogP contribution in [0.3, 0.4) is 0 Å². The lowest BCUT2D eigenvalue weighted by atomic mass is 10.0. The van der Waals surface area contributed by atoms with Crippen LogP contribution >= 0.6 is 0 Å². The van der Waals surface area contributed by atoms with E-state index in [1.807, 2.05) is 0 Å². The molecule has 2 aromatic rings. The Morgan fingerprint density at radius 2 is 1.48 bits per heavy atom. The highest BCUT2D eigenvalue weighted by Gasteiger charge is 2.28. The Morgan fingerprint density at radius 3 is 2.08 bits per heavy atom. The number of non-ortho nitro benzene ring substituents is 1. The Kier molecular flexibility index (Phi) is 13.5. The topological polar surface area (TPSA) is 222 Å². The highest BCUT2D eigenvalue weighted by Crippen LogP contribution is 2.18. The van der Waals surface area contributed by atoms with Crippen LogP contribution in [-0.4, -0.2) is 84.1 Å². The summed E-state index contributed by atoms with van der Waals surface area (Å²) >= 11 is 0. The third kappa shape index (κ3) is 11.5. The molecule has 0 fully saturated rings. The lowest BCUT2D eigenvalue weighted by Crippen LogP contribution is -2.53. The zero-order valence-electron chi connectivity index (χ0n) is 26.3. The van der Waals surface area contributed by atoms with Gasteiger partial charge in [-0.3, -0.25) is 34.2 Å². The molecule has 256 valence electrons. The van der Waals surface area contributed by atoms with Crippen LogP contribution in [-0.2, 0) is 40.0 Å². The summed E-state index contributed by atoms with van der Waals surface area (Å²) in [6.45, 7) is 4.70. The first-order chi connectivity index (χ1) is 22.8. The number of anilines is 1. The smallest absolute Gasteiger partial charge is 0.447 e. The zero-order chi connectivity index (χ0) is 35.2. The molecule has 17 heteroatoms. The quantitative estimate of drug-likeness (QED) is 0.0586. The Labute approximate surface area is 274 Å². The monoisotopic (exact) mass is 669 g/mol. The van der Waals surface area contributed by atoms with Crippen molar-refractivity contribution in [2.45, 2.75) is 39.5 Å². The molecule has 5 amide bonds. The van der Waals surface area contributed by atoms with Gasteiger partial charge in [0, 0.05) is 30.0 Å². The van der Waals surface area contributed by atoms with Crippen molar-refractivity contribution in [2.24, 2.45) is 5.92 Å². The van der Waals surface area contributed by atoms with Crippen molar-refractivity contribution in [3.63, 3.8) is 0 Å². The number of amides is 5. The van der Waals surface area contributed by atoms with Gasteiger partial charge in [-0.25, -0.2) is 9.59 Å². The standard InChI is InChI=1S/C31H35N5O12/c1-19(2)27(34-30(41)46-17-16-45-15-14-35-25(37)12-13-26(35)38)29(40)32-20(3)28(39)33-22-6-4-21(5-7-22)18-47-31(42)48-24-10-8-23(9-11-24)36(43)44/h4-13,19-20,27H,14-18H2,1-3H3,(H,32,40)(H,33,39)(H,34,41)/t20-,27-/m0/s1. The number of alkyl carbamates (subject to hydrolysis) is 1. The number of carbonyl (C=O) groups is 6. The van der Waals surface area contributed by atoms with E-state index in [9.17, 15) is 38.9 Å². The number of imide groups is 1. The van der Waals surface area contributed by atoms with Gasteiger partial charge in [-0.2, -0.15) is 0 Å². The van der Waals surface area contributed by atoms with Gasteiger partial charge in [0.05, 0.1) is 24.7 Å². The summed E-state index contributed by atoms with van der Waals surface area (Å²) in [6, 6.07) is 9.23. The summed E-state index contributed by atoms with van der Waals surface area (Å²) in [5.74, 6) is -2.27. The predicted octanol–water partition coefficient (Wildman–Crippen LogP) is 2.45. The molecule has 0 aromatic heterocycles. The summed E-state index contributed by atoms with van der Waals surface area (Å²) < 4.78 is 20.4. The van der Waals surface area contributed by atoms with Crippen LogP contribution in [0.1, 0.15) is 26.3 Å². The van der Waals surface area contributed by atoms with Crippen molar-refractivity contribution < 1.29 is 52.6 Å². The number of nitro groups is 1. The van der Waals surface area contributed by atoms with E-state index in [0.717, 1.165) is 4.90 Å². The molecule has 17 nitrogen and oxygen atoms in total. The minimum atomic E-state index is -1.01. The van der Waals surface area contributed by atoms with E-state index in [-0.39, 0.29) is 50.3 Å². The molecule has 1 aliphatic rings. The second kappa shape index (κ2) is 17.7. The molecule has 0 radical (unpaired) electrons. The summed E-state index contributed by atoms with van der Waals surface area (Å²) in [5, 5.41) is 18.4. The highest BCUT2D eigenvalue weighted by molar-refractivity contribution is 6.12. The summed E-state index contributed by atoms with van der Waals surface area (Å²) in [7, 11) is 0. The molecule has 0 unspecified atom stereocenters. The van der Waals surface area contributed by atoms with Crippen molar-refractivity contribution in [2.75, 3.05) is 31.7 Å². The normalized spacial score (nSPS) is 13.5. The van der Waals surface area contributed by atoms with Gasteiger partial charge in [0.2, 0.25) is 11.8 Å². The van der Waals surface area contributed by atoms with E-state index in [4.69, 9.17) is 18.9 Å². The van der Waals surface area contributed by atoms with Gasteiger partial charge in [0.1, 0.15) is 31.0 Å². The van der Waals surface area contributed by atoms with Crippen molar-refractivity contribution in [3.8, 4) is 5.75 Å². The molecule has 1 heterocycles. The van der Waals surface area contributed by atoms with Crippen molar-refractivity contribution in [1.82, 2.24) is 15.5 Å². The van der Waals surface area contributed by atoms with Crippen LogP contribution < -0.4 is 20.7 Å². The lowest BCUT2D eigenvalue weighted by Gasteiger charge is -2.23. The van der Waals surface area contributed by atoms with E-state index < -0.39 is 52.9 Å². The number of nitro benzene ring substituents is 1. The average Bonchev–Trinajstić information content (AvgIpc) is 3.37. The number of nitrogens with one attached hydrogen (secondary N) is 3. The fourth-order valence-corrected chi connectivity index (χ4v) is 4.01. The number of rotatable bonds is 16. The molecule has 48 heavy (non-hydrogen) atoms. The first kappa shape index (κ1) is 36.6. The number of hydrogen-bond acceptors (Lipinski definition) is 12. The van der Waals surface area contributed by atoms with Crippen LogP contribution in [0.5, 0.6) is 5.75 Å². The summed E-state index contributed by atoms with van der Waals surface area (Å²) in [4.78, 5) is 84.0. The maximum Gasteiger partial charge on any atom is 0.514 e. The number of benzene rings is 2. The Hall–Kier alpha value is -5.84. The molecule has 2 atom stereocenters. The van der Waals surface area contributed by atoms with Gasteiger partial charge in [-0.05, 0) is 42.7 Å².